The Bertz CT molecular complexity index is 1110. The lowest BCUT2D eigenvalue weighted by Crippen LogP contribution is -2.27. The average Bonchev–Trinajstić information content (AvgIpc) is 3.23. The number of rotatable bonds is 2. The van der Waals surface area contributed by atoms with Crippen LogP contribution in [0.2, 0.25) is 5.02 Å². The summed E-state index contributed by atoms with van der Waals surface area (Å²) in [7, 11) is 0. The fraction of sp³-hybridized carbons (Fsp3) is 0.421. The molecule has 1 aromatic carbocycles. The number of hydrogen-bond acceptors (Lipinski definition) is 6. The summed E-state index contributed by atoms with van der Waals surface area (Å²) in [6, 6.07) is 6.57. The van der Waals surface area contributed by atoms with Crippen LogP contribution in [0.4, 0.5) is 14.6 Å². The van der Waals surface area contributed by atoms with Gasteiger partial charge < -0.3 is 4.90 Å². The van der Waals surface area contributed by atoms with Crippen molar-refractivity contribution >= 4 is 34.5 Å². The van der Waals surface area contributed by atoms with Gasteiger partial charge in [0.1, 0.15) is 5.82 Å². The molecule has 0 saturated carbocycles. The van der Waals surface area contributed by atoms with Crippen LogP contribution >= 0.6 is 11.6 Å². The van der Waals surface area contributed by atoms with Crippen LogP contribution in [0.3, 0.4) is 0 Å². The minimum absolute atomic E-state index is 0.133. The Hall–Kier alpha value is -2.68. The molecule has 1 aliphatic heterocycles. The van der Waals surface area contributed by atoms with E-state index in [1.54, 1.807) is 24.3 Å². The van der Waals surface area contributed by atoms with Gasteiger partial charge in [-0.2, -0.15) is 4.68 Å². The Kier molecular flexibility index (Phi) is 4.53. The van der Waals surface area contributed by atoms with Gasteiger partial charge in [0.15, 0.2) is 17.0 Å². The van der Waals surface area contributed by atoms with Gasteiger partial charge in [0, 0.05) is 18.4 Å². The molecule has 1 aliphatic rings. The first kappa shape index (κ1) is 19.6. The summed E-state index contributed by atoms with van der Waals surface area (Å²) >= 11 is 6.15. The lowest BCUT2D eigenvalue weighted by molar-refractivity contribution is 0.0257. The third-order valence-electron chi connectivity index (χ3n) is 4.72. The molecule has 0 radical (unpaired) electrons. The Morgan fingerprint density at radius 3 is 2.55 bits per heavy atom. The van der Waals surface area contributed by atoms with Gasteiger partial charge in [-0.1, -0.05) is 49.7 Å². The van der Waals surface area contributed by atoms with Gasteiger partial charge in [0.2, 0.25) is 0 Å². The second-order valence-electron chi connectivity index (χ2n) is 8.11. The molecule has 152 valence electrons. The molecule has 0 aliphatic carbocycles. The smallest absolute Gasteiger partial charge is 0.283 e. The van der Waals surface area contributed by atoms with Crippen molar-refractivity contribution in [3.05, 3.63) is 40.7 Å². The molecule has 29 heavy (non-hydrogen) atoms. The van der Waals surface area contributed by atoms with Crippen molar-refractivity contribution in [2.24, 2.45) is 0 Å². The van der Waals surface area contributed by atoms with E-state index in [1.165, 1.54) is 4.90 Å². The van der Waals surface area contributed by atoms with Crippen LogP contribution in [0, 0.1) is 0 Å². The maximum absolute atomic E-state index is 13.8. The van der Waals surface area contributed by atoms with Crippen LogP contribution in [-0.2, 0) is 5.41 Å². The van der Waals surface area contributed by atoms with E-state index in [9.17, 15) is 13.6 Å². The first-order valence-electron chi connectivity index (χ1n) is 9.13. The first-order chi connectivity index (χ1) is 13.6. The third kappa shape index (κ3) is 3.55. The van der Waals surface area contributed by atoms with Crippen molar-refractivity contribution in [1.29, 1.82) is 0 Å². The molecule has 0 unspecified atom stereocenters. The van der Waals surface area contributed by atoms with Crippen LogP contribution in [0.1, 0.15) is 43.4 Å². The molecule has 10 heteroatoms. The van der Waals surface area contributed by atoms with Crippen LogP contribution in [-0.4, -0.2) is 49.9 Å². The van der Waals surface area contributed by atoms with E-state index < -0.39 is 23.8 Å². The highest BCUT2D eigenvalue weighted by Crippen LogP contribution is 2.34. The zero-order valence-corrected chi connectivity index (χ0v) is 16.9. The molecule has 1 fully saturated rings. The van der Waals surface area contributed by atoms with Crippen LogP contribution in [0.15, 0.2) is 24.3 Å². The van der Waals surface area contributed by atoms with E-state index in [-0.39, 0.29) is 40.5 Å². The zero-order valence-electron chi connectivity index (χ0n) is 16.2. The van der Waals surface area contributed by atoms with Gasteiger partial charge in [0.05, 0.1) is 17.1 Å². The van der Waals surface area contributed by atoms with Gasteiger partial charge in [0.25, 0.3) is 11.8 Å². The van der Waals surface area contributed by atoms with E-state index >= 15 is 0 Å². The predicted octanol–water partition coefficient (Wildman–Crippen LogP) is 3.71. The van der Waals surface area contributed by atoms with Gasteiger partial charge in [-0.05, 0) is 12.1 Å². The summed E-state index contributed by atoms with van der Waals surface area (Å²) in [6.45, 7) is 5.38. The number of aromatic nitrogens is 5. The van der Waals surface area contributed by atoms with E-state index in [0.29, 0.717) is 5.82 Å². The number of carbonyl (C=O) groups is 1. The summed E-state index contributed by atoms with van der Waals surface area (Å²) in [5, 5.41) is 8.26. The van der Waals surface area contributed by atoms with Crippen molar-refractivity contribution in [3.8, 4) is 0 Å². The molecule has 0 atom stereocenters. The highest BCUT2D eigenvalue weighted by atomic mass is 35.5. The topological polar surface area (TPSA) is 76.8 Å². The lowest BCUT2D eigenvalue weighted by Gasteiger charge is -2.22. The molecular weight excluding hydrogens is 402 g/mol. The Morgan fingerprint density at radius 2 is 1.93 bits per heavy atom. The number of carbonyl (C=O) groups excluding carboxylic acids is 1. The highest BCUT2D eigenvalue weighted by Gasteiger charge is 2.40. The van der Waals surface area contributed by atoms with Crippen molar-refractivity contribution in [2.45, 2.75) is 38.5 Å². The number of benzene rings is 1. The summed E-state index contributed by atoms with van der Waals surface area (Å²) in [6.07, 6.45) is -0.268. The number of halogens is 3. The fourth-order valence-corrected chi connectivity index (χ4v) is 3.38. The summed E-state index contributed by atoms with van der Waals surface area (Å²) < 4.78 is 28.7. The monoisotopic (exact) mass is 420 g/mol. The van der Waals surface area contributed by atoms with E-state index in [0.717, 1.165) is 4.68 Å². The van der Waals surface area contributed by atoms with Crippen molar-refractivity contribution in [1.82, 2.24) is 25.0 Å². The van der Waals surface area contributed by atoms with Crippen LogP contribution in [0.5, 0.6) is 0 Å². The molecule has 1 saturated heterocycles. The van der Waals surface area contributed by atoms with Crippen molar-refractivity contribution in [2.75, 3.05) is 18.0 Å². The van der Waals surface area contributed by atoms with Gasteiger partial charge in [-0.3, -0.25) is 4.79 Å². The van der Waals surface area contributed by atoms with E-state index in [1.807, 2.05) is 20.8 Å². The van der Waals surface area contributed by atoms with Gasteiger partial charge in [-0.25, -0.2) is 18.7 Å². The quantitative estimate of drug-likeness (QED) is 0.629. The molecule has 0 N–H and O–H groups in total. The van der Waals surface area contributed by atoms with Gasteiger partial charge >= 0.3 is 0 Å². The molecule has 3 heterocycles. The molecular formula is C19H19ClF2N6O. The number of alkyl halides is 2. The minimum Gasteiger partial charge on any atom is -0.348 e. The third-order valence-corrected chi connectivity index (χ3v) is 5.05. The second-order valence-corrected chi connectivity index (χ2v) is 8.51. The number of hydrogen-bond donors (Lipinski definition) is 0. The summed E-state index contributed by atoms with van der Waals surface area (Å²) in [5.41, 5.74) is 0.135. The van der Waals surface area contributed by atoms with Gasteiger partial charge in [-0.15, -0.1) is 5.10 Å². The first-order valence-corrected chi connectivity index (χ1v) is 9.50. The second kappa shape index (κ2) is 6.69. The predicted molar refractivity (Wildman–Crippen MR) is 105 cm³/mol. The van der Waals surface area contributed by atoms with E-state index in [4.69, 9.17) is 11.6 Å². The maximum Gasteiger partial charge on any atom is 0.283 e. The molecule has 0 bridgehead atoms. The minimum atomic E-state index is -2.80. The molecule has 4 rings (SSSR count). The molecule has 2 aromatic heterocycles. The van der Waals surface area contributed by atoms with Crippen LogP contribution < -0.4 is 4.90 Å². The maximum atomic E-state index is 13.8. The number of anilines is 1. The van der Waals surface area contributed by atoms with Crippen molar-refractivity contribution < 1.29 is 13.6 Å². The largest absolute Gasteiger partial charge is 0.348 e. The normalized spacial score (nSPS) is 16.6. The standard InChI is InChI=1S/C19H19ClF2N6O/c1-18(2,3)17-23-14(27-9-8-19(21,22)10-27)13-15(24-17)28(26-25-13)16(29)11-6-4-5-7-12(11)20/h4-7H,8-10H2,1-3H3. The highest BCUT2D eigenvalue weighted by molar-refractivity contribution is 6.34. The SMILES string of the molecule is CC(C)(C)c1nc(N2CCC(F)(F)C2)c2nnn(C(=O)c3ccccc3Cl)c2n1. The summed E-state index contributed by atoms with van der Waals surface area (Å²) in [5.74, 6) is -2.64. The molecule has 7 nitrogen and oxygen atoms in total. The lowest BCUT2D eigenvalue weighted by atomic mass is 9.96. The average molecular weight is 421 g/mol. The number of nitrogens with zero attached hydrogens (tertiary/aromatic N) is 6. The number of fused-ring (bicyclic) bond motifs is 1. The summed E-state index contributed by atoms with van der Waals surface area (Å²) in [4.78, 5) is 23.5. The van der Waals surface area contributed by atoms with Crippen LogP contribution in [0.25, 0.3) is 11.2 Å². The Labute approximate surface area is 170 Å². The van der Waals surface area contributed by atoms with E-state index in [2.05, 4.69) is 20.3 Å². The Balaban J connectivity index is 1.90. The van der Waals surface area contributed by atoms with Crippen molar-refractivity contribution in [3.63, 3.8) is 0 Å². The fourth-order valence-electron chi connectivity index (χ4n) is 3.16. The Morgan fingerprint density at radius 1 is 1.21 bits per heavy atom. The molecule has 3 aromatic rings. The zero-order chi connectivity index (χ0) is 21.0. The molecule has 0 spiro atoms. The molecule has 0 amide bonds.